The van der Waals surface area contributed by atoms with Gasteiger partial charge in [0.25, 0.3) is 0 Å². The Bertz CT molecular complexity index is 770. The van der Waals surface area contributed by atoms with E-state index in [1.54, 1.807) is 25.3 Å². The molecule has 2 aliphatic rings. The molecule has 27 heavy (non-hydrogen) atoms. The summed E-state index contributed by atoms with van der Waals surface area (Å²) in [5, 5.41) is 0. The van der Waals surface area contributed by atoms with Crippen molar-refractivity contribution in [2.24, 2.45) is 5.92 Å². The Morgan fingerprint density at radius 2 is 1.78 bits per heavy atom. The second kappa shape index (κ2) is 8.61. The highest BCUT2D eigenvalue weighted by atomic mass is 32.2. The lowest BCUT2D eigenvalue weighted by molar-refractivity contribution is -0.136. The first kappa shape index (κ1) is 20.1. The molecule has 1 atom stereocenters. The number of aryl methyl sites for hydroxylation is 1. The molecule has 0 spiro atoms. The molecule has 0 aliphatic carbocycles. The van der Waals surface area contributed by atoms with Crippen LogP contribution in [0.4, 0.5) is 0 Å². The molecule has 2 heterocycles. The minimum atomic E-state index is -3.61. The third-order valence-electron chi connectivity index (χ3n) is 5.66. The van der Waals surface area contributed by atoms with Gasteiger partial charge in [-0.2, -0.15) is 4.31 Å². The number of nitrogens with zero attached hydrogens (tertiary/aromatic N) is 2. The molecule has 0 bridgehead atoms. The Labute approximate surface area is 162 Å². The van der Waals surface area contributed by atoms with Crippen molar-refractivity contribution in [2.45, 2.75) is 50.3 Å². The van der Waals surface area contributed by atoms with E-state index in [1.807, 2.05) is 11.8 Å². The summed E-state index contributed by atoms with van der Waals surface area (Å²) in [6, 6.07) is 4.92. The van der Waals surface area contributed by atoms with Gasteiger partial charge in [0.15, 0.2) is 0 Å². The second-order valence-corrected chi connectivity index (χ2v) is 9.51. The molecule has 0 aromatic heterocycles. The zero-order valence-electron chi connectivity index (χ0n) is 16.3. The smallest absolute Gasteiger partial charge is 0.243 e. The first-order valence-corrected chi connectivity index (χ1v) is 11.3. The predicted molar refractivity (Wildman–Crippen MR) is 104 cm³/mol. The van der Waals surface area contributed by atoms with E-state index < -0.39 is 10.0 Å². The Kier molecular flexibility index (Phi) is 6.42. The lowest BCUT2D eigenvalue weighted by Crippen LogP contribution is -2.47. The van der Waals surface area contributed by atoms with E-state index in [0.29, 0.717) is 12.3 Å². The first-order chi connectivity index (χ1) is 12.9. The number of benzene rings is 1. The number of carbonyl (C=O) groups is 1. The molecule has 0 N–H and O–H groups in total. The molecule has 2 saturated heterocycles. The fraction of sp³-hybridized carbons (Fsp3) is 0.650. The molecular weight excluding hydrogens is 364 g/mol. The monoisotopic (exact) mass is 394 g/mol. The molecule has 1 aromatic rings. The Morgan fingerprint density at radius 1 is 1.07 bits per heavy atom. The van der Waals surface area contributed by atoms with E-state index in [-0.39, 0.29) is 23.3 Å². The topological polar surface area (TPSA) is 66.9 Å². The summed E-state index contributed by atoms with van der Waals surface area (Å²) >= 11 is 0. The highest BCUT2D eigenvalue weighted by Gasteiger charge is 2.35. The van der Waals surface area contributed by atoms with Gasteiger partial charge in [-0.25, -0.2) is 8.42 Å². The van der Waals surface area contributed by atoms with Crippen molar-refractivity contribution in [3.63, 3.8) is 0 Å². The molecule has 7 heteroatoms. The van der Waals surface area contributed by atoms with Gasteiger partial charge in [0, 0.05) is 26.2 Å². The van der Waals surface area contributed by atoms with Gasteiger partial charge in [0.05, 0.1) is 17.9 Å². The van der Waals surface area contributed by atoms with Crippen LogP contribution in [0.3, 0.4) is 0 Å². The SMILES string of the molecule is COc1ccc(S(=O)(=O)N2CCC[C@H](C(=O)N3CCCCCC3)C2)cc1C. The third-order valence-corrected chi connectivity index (χ3v) is 7.52. The van der Waals surface area contributed by atoms with Crippen molar-refractivity contribution in [2.75, 3.05) is 33.3 Å². The van der Waals surface area contributed by atoms with Gasteiger partial charge in [-0.3, -0.25) is 4.79 Å². The maximum absolute atomic E-state index is 13.1. The summed E-state index contributed by atoms with van der Waals surface area (Å²) in [6.07, 6.45) is 5.93. The number of methoxy groups -OCH3 is 1. The summed E-state index contributed by atoms with van der Waals surface area (Å²) in [5.74, 6) is 0.565. The molecule has 0 saturated carbocycles. The van der Waals surface area contributed by atoms with Crippen LogP contribution >= 0.6 is 0 Å². The lowest BCUT2D eigenvalue weighted by atomic mass is 9.98. The molecule has 0 unspecified atom stereocenters. The highest BCUT2D eigenvalue weighted by molar-refractivity contribution is 7.89. The Hall–Kier alpha value is -1.60. The van der Waals surface area contributed by atoms with Crippen molar-refractivity contribution >= 4 is 15.9 Å². The number of amides is 1. The zero-order chi connectivity index (χ0) is 19.4. The van der Waals surface area contributed by atoms with Crippen LogP contribution in [0.25, 0.3) is 0 Å². The molecule has 0 radical (unpaired) electrons. The molecule has 150 valence electrons. The average Bonchev–Trinajstić information content (AvgIpc) is 2.97. The van der Waals surface area contributed by atoms with E-state index in [1.165, 1.54) is 17.1 Å². The average molecular weight is 395 g/mol. The zero-order valence-corrected chi connectivity index (χ0v) is 17.1. The van der Waals surface area contributed by atoms with Crippen LogP contribution in [0.1, 0.15) is 44.1 Å². The van der Waals surface area contributed by atoms with Crippen molar-refractivity contribution in [3.8, 4) is 5.75 Å². The van der Waals surface area contributed by atoms with Crippen molar-refractivity contribution < 1.29 is 17.9 Å². The minimum Gasteiger partial charge on any atom is -0.496 e. The number of sulfonamides is 1. The number of piperidine rings is 1. The number of carbonyl (C=O) groups excluding carboxylic acids is 1. The predicted octanol–water partition coefficient (Wildman–Crippen LogP) is 2.81. The maximum atomic E-state index is 13.1. The van der Waals surface area contributed by atoms with Gasteiger partial charge in [0.2, 0.25) is 15.9 Å². The molecule has 1 aromatic carbocycles. The molecule has 1 amide bonds. The van der Waals surface area contributed by atoms with E-state index in [2.05, 4.69) is 0 Å². The molecular formula is C20H30N2O4S. The second-order valence-electron chi connectivity index (χ2n) is 7.57. The lowest BCUT2D eigenvalue weighted by Gasteiger charge is -2.34. The van der Waals surface area contributed by atoms with Gasteiger partial charge in [0.1, 0.15) is 5.75 Å². The van der Waals surface area contributed by atoms with E-state index in [0.717, 1.165) is 44.3 Å². The number of ether oxygens (including phenoxy) is 1. The number of rotatable bonds is 4. The summed E-state index contributed by atoms with van der Waals surface area (Å²) in [5.41, 5.74) is 0.785. The van der Waals surface area contributed by atoms with Gasteiger partial charge in [-0.15, -0.1) is 0 Å². The molecule has 3 rings (SSSR count). The van der Waals surface area contributed by atoms with Gasteiger partial charge >= 0.3 is 0 Å². The van der Waals surface area contributed by atoms with Crippen LogP contribution in [-0.2, 0) is 14.8 Å². The van der Waals surface area contributed by atoms with Gasteiger partial charge in [-0.1, -0.05) is 12.8 Å². The van der Waals surface area contributed by atoms with Gasteiger partial charge in [-0.05, 0) is 56.4 Å². The quantitative estimate of drug-likeness (QED) is 0.788. The Morgan fingerprint density at radius 3 is 2.41 bits per heavy atom. The van der Waals surface area contributed by atoms with Crippen LogP contribution in [0, 0.1) is 12.8 Å². The summed E-state index contributed by atoms with van der Waals surface area (Å²) in [6.45, 7) is 4.19. The minimum absolute atomic E-state index is 0.128. The number of hydrogen-bond donors (Lipinski definition) is 0. The Balaban J connectivity index is 1.74. The van der Waals surface area contributed by atoms with Crippen molar-refractivity contribution in [1.82, 2.24) is 9.21 Å². The van der Waals surface area contributed by atoms with Gasteiger partial charge < -0.3 is 9.64 Å². The normalized spacial score (nSPS) is 22.3. The number of likely N-dealkylation sites (tertiary alicyclic amines) is 1. The third kappa shape index (κ3) is 4.46. The van der Waals surface area contributed by atoms with E-state index in [4.69, 9.17) is 4.74 Å². The fourth-order valence-corrected chi connectivity index (χ4v) is 5.68. The van der Waals surface area contributed by atoms with Crippen LogP contribution in [-0.4, -0.2) is 56.8 Å². The van der Waals surface area contributed by atoms with Crippen LogP contribution in [0.5, 0.6) is 5.75 Å². The highest BCUT2D eigenvalue weighted by Crippen LogP contribution is 2.28. The van der Waals surface area contributed by atoms with Crippen molar-refractivity contribution in [3.05, 3.63) is 23.8 Å². The molecule has 2 fully saturated rings. The van der Waals surface area contributed by atoms with Crippen LogP contribution in [0.2, 0.25) is 0 Å². The van der Waals surface area contributed by atoms with Crippen LogP contribution < -0.4 is 4.74 Å². The fourth-order valence-electron chi connectivity index (χ4n) is 4.07. The van der Waals surface area contributed by atoms with Crippen molar-refractivity contribution in [1.29, 1.82) is 0 Å². The van der Waals surface area contributed by atoms with E-state index >= 15 is 0 Å². The van der Waals surface area contributed by atoms with Crippen LogP contribution in [0.15, 0.2) is 23.1 Å². The molecule has 6 nitrogen and oxygen atoms in total. The largest absolute Gasteiger partial charge is 0.496 e. The molecule has 2 aliphatic heterocycles. The van der Waals surface area contributed by atoms with E-state index in [9.17, 15) is 13.2 Å². The standard InChI is InChI=1S/C20H30N2O4S/c1-16-14-18(9-10-19(16)26-2)27(24,25)22-13-7-8-17(15-22)20(23)21-11-5-3-4-6-12-21/h9-10,14,17H,3-8,11-13,15H2,1-2H3/t17-/m0/s1. The maximum Gasteiger partial charge on any atom is 0.243 e. The summed E-state index contributed by atoms with van der Waals surface area (Å²) < 4.78 is 32.9. The number of hydrogen-bond acceptors (Lipinski definition) is 4. The summed E-state index contributed by atoms with van der Waals surface area (Å²) in [7, 11) is -2.04. The summed E-state index contributed by atoms with van der Waals surface area (Å²) in [4.78, 5) is 15.2. The first-order valence-electron chi connectivity index (χ1n) is 9.87.